The van der Waals surface area contributed by atoms with E-state index in [1.807, 2.05) is 50.3 Å². The normalized spacial score (nSPS) is 17.1. The maximum atomic E-state index is 12.2. The van der Waals surface area contributed by atoms with Gasteiger partial charge in [0.2, 0.25) is 0 Å². The SMILES string of the molecule is CC(C)=CCOC(=O)C1CCCN(C(=O)OCc2ccccc2)C1. The molecule has 1 heterocycles. The Balaban J connectivity index is 1.80. The van der Waals surface area contributed by atoms with Crippen molar-refractivity contribution in [3.8, 4) is 0 Å². The summed E-state index contributed by atoms with van der Waals surface area (Å²) in [4.78, 5) is 25.9. The minimum Gasteiger partial charge on any atom is -0.461 e. The number of rotatable bonds is 5. The van der Waals surface area contributed by atoms with E-state index in [0.717, 1.165) is 24.0 Å². The lowest BCUT2D eigenvalue weighted by Crippen LogP contribution is -2.43. The van der Waals surface area contributed by atoms with Crippen molar-refractivity contribution in [1.29, 1.82) is 0 Å². The molecule has 1 aliphatic heterocycles. The summed E-state index contributed by atoms with van der Waals surface area (Å²) in [6.07, 6.45) is 3.02. The Hall–Kier alpha value is -2.30. The molecule has 0 aromatic heterocycles. The average molecular weight is 331 g/mol. The molecule has 1 fully saturated rings. The average Bonchev–Trinajstić information content (AvgIpc) is 2.60. The van der Waals surface area contributed by atoms with Gasteiger partial charge in [-0.2, -0.15) is 0 Å². The van der Waals surface area contributed by atoms with E-state index in [1.165, 1.54) is 0 Å². The van der Waals surface area contributed by atoms with Crippen molar-refractivity contribution in [2.24, 2.45) is 5.92 Å². The van der Waals surface area contributed by atoms with Gasteiger partial charge in [-0.3, -0.25) is 4.79 Å². The van der Waals surface area contributed by atoms with Gasteiger partial charge in [0.05, 0.1) is 5.92 Å². The number of ether oxygens (including phenoxy) is 2. The van der Waals surface area contributed by atoms with Gasteiger partial charge in [0.15, 0.2) is 0 Å². The van der Waals surface area contributed by atoms with Crippen LogP contribution in [0.25, 0.3) is 0 Å². The first-order valence-electron chi connectivity index (χ1n) is 8.32. The molecule has 1 aliphatic rings. The summed E-state index contributed by atoms with van der Waals surface area (Å²) in [5.41, 5.74) is 2.05. The lowest BCUT2D eigenvalue weighted by atomic mass is 9.99. The molecule has 130 valence electrons. The zero-order chi connectivity index (χ0) is 17.4. The molecule has 0 N–H and O–H groups in total. The molecule has 0 spiro atoms. The van der Waals surface area contributed by atoms with Crippen LogP contribution >= 0.6 is 0 Å². The third-order valence-corrected chi connectivity index (χ3v) is 3.94. The Morgan fingerprint density at radius 1 is 1.21 bits per heavy atom. The molecule has 1 aromatic carbocycles. The first-order chi connectivity index (χ1) is 11.6. The first kappa shape index (κ1) is 18.0. The summed E-state index contributed by atoms with van der Waals surface area (Å²) in [5, 5.41) is 0. The minimum absolute atomic E-state index is 0.242. The third-order valence-electron chi connectivity index (χ3n) is 3.94. The largest absolute Gasteiger partial charge is 0.461 e. The summed E-state index contributed by atoms with van der Waals surface area (Å²) in [5.74, 6) is -0.512. The zero-order valence-corrected chi connectivity index (χ0v) is 14.4. The molecule has 2 rings (SSSR count). The van der Waals surface area contributed by atoms with Crippen molar-refractivity contribution in [2.75, 3.05) is 19.7 Å². The van der Waals surface area contributed by atoms with E-state index >= 15 is 0 Å². The van der Waals surface area contributed by atoms with E-state index in [-0.39, 0.29) is 31.2 Å². The summed E-state index contributed by atoms with van der Waals surface area (Å²) in [6, 6.07) is 9.55. The van der Waals surface area contributed by atoms with Gasteiger partial charge in [-0.25, -0.2) is 4.79 Å². The van der Waals surface area contributed by atoms with Gasteiger partial charge in [0.1, 0.15) is 13.2 Å². The van der Waals surface area contributed by atoms with Crippen LogP contribution in [0.2, 0.25) is 0 Å². The highest BCUT2D eigenvalue weighted by Gasteiger charge is 2.30. The van der Waals surface area contributed by atoms with Gasteiger partial charge in [0, 0.05) is 13.1 Å². The zero-order valence-electron chi connectivity index (χ0n) is 14.4. The number of piperidine rings is 1. The van der Waals surface area contributed by atoms with Gasteiger partial charge >= 0.3 is 12.1 Å². The molecule has 5 heteroatoms. The summed E-state index contributed by atoms with van der Waals surface area (Å²) in [7, 11) is 0. The summed E-state index contributed by atoms with van der Waals surface area (Å²) < 4.78 is 10.6. The number of likely N-dealkylation sites (tertiary alicyclic amines) is 1. The predicted molar refractivity (Wildman–Crippen MR) is 91.3 cm³/mol. The smallest absolute Gasteiger partial charge is 0.410 e. The highest BCUT2D eigenvalue weighted by atomic mass is 16.6. The monoisotopic (exact) mass is 331 g/mol. The Morgan fingerprint density at radius 2 is 1.96 bits per heavy atom. The Labute approximate surface area is 143 Å². The fourth-order valence-electron chi connectivity index (χ4n) is 2.55. The topological polar surface area (TPSA) is 55.8 Å². The van der Waals surface area contributed by atoms with E-state index < -0.39 is 0 Å². The van der Waals surface area contributed by atoms with E-state index in [2.05, 4.69) is 0 Å². The number of esters is 1. The van der Waals surface area contributed by atoms with Crippen molar-refractivity contribution in [3.05, 3.63) is 47.5 Å². The van der Waals surface area contributed by atoms with Crippen molar-refractivity contribution in [2.45, 2.75) is 33.3 Å². The molecule has 24 heavy (non-hydrogen) atoms. The van der Waals surface area contributed by atoms with Gasteiger partial charge in [-0.15, -0.1) is 0 Å². The molecule has 1 amide bonds. The summed E-state index contributed by atoms with van der Waals surface area (Å²) in [6.45, 7) is 5.42. The van der Waals surface area contributed by atoms with Crippen LogP contribution < -0.4 is 0 Å². The number of allylic oxidation sites excluding steroid dienone is 1. The molecule has 1 aromatic rings. The number of nitrogens with zero attached hydrogens (tertiary/aromatic N) is 1. The van der Waals surface area contributed by atoms with Crippen LogP contribution in [0.1, 0.15) is 32.3 Å². The number of carbonyl (C=O) groups is 2. The van der Waals surface area contributed by atoms with Crippen LogP contribution in [0.5, 0.6) is 0 Å². The van der Waals surface area contributed by atoms with Gasteiger partial charge in [-0.05, 0) is 38.3 Å². The third kappa shape index (κ3) is 5.72. The van der Waals surface area contributed by atoms with Crippen LogP contribution in [0, 0.1) is 5.92 Å². The Morgan fingerprint density at radius 3 is 2.67 bits per heavy atom. The van der Waals surface area contributed by atoms with Crippen LogP contribution in [-0.2, 0) is 20.9 Å². The van der Waals surface area contributed by atoms with E-state index in [1.54, 1.807) is 4.90 Å². The second-order valence-corrected chi connectivity index (χ2v) is 6.24. The van der Waals surface area contributed by atoms with Crippen LogP contribution in [0.3, 0.4) is 0 Å². The molecular weight excluding hydrogens is 306 g/mol. The Bertz CT molecular complexity index is 578. The number of hydrogen-bond donors (Lipinski definition) is 0. The second kappa shape index (κ2) is 9.11. The molecule has 0 radical (unpaired) electrons. The standard InChI is InChI=1S/C19H25NO4/c1-15(2)10-12-23-18(21)17-9-6-11-20(13-17)19(22)24-14-16-7-4-3-5-8-16/h3-5,7-8,10,17H,6,9,11-14H2,1-2H3. The van der Waals surface area contributed by atoms with Crippen molar-refractivity contribution in [1.82, 2.24) is 4.90 Å². The van der Waals surface area contributed by atoms with Crippen LogP contribution in [0.4, 0.5) is 4.79 Å². The van der Waals surface area contributed by atoms with Gasteiger partial charge in [-0.1, -0.05) is 35.9 Å². The second-order valence-electron chi connectivity index (χ2n) is 6.24. The van der Waals surface area contributed by atoms with Gasteiger partial charge < -0.3 is 14.4 Å². The molecule has 1 saturated heterocycles. The highest BCUT2D eigenvalue weighted by molar-refractivity contribution is 5.75. The maximum absolute atomic E-state index is 12.2. The first-order valence-corrected chi connectivity index (χ1v) is 8.32. The molecule has 1 unspecified atom stereocenters. The highest BCUT2D eigenvalue weighted by Crippen LogP contribution is 2.19. The molecule has 0 saturated carbocycles. The van der Waals surface area contributed by atoms with E-state index in [0.29, 0.717) is 13.1 Å². The van der Waals surface area contributed by atoms with Crippen molar-refractivity contribution >= 4 is 12.1 Å². The molecule has 5 nitrogen and oxygen atoms in total. The molecule has 0 bridgehead atoms. The van der Waals surface area contributed by atoms with Gasteiger partial charge in [0.25, 0.3) is 0 Å². The quantitative estimate of drug-likeness (QED) is 0.612. The molecule has 1 atom stereocenters. The number of carbonyl (C=O) groups excluding carboxylic acids is 2. The molecule has 0 aliphatic carbocycles. The van der Waals surface area contributed by atoms with Crippen molar-refractivity contribution < 1.29 is 19.1 Å². The predicted octanol–water partition coefficient (Wildman–Crippen LogP) is 3.54. The maximum Gasteiger partial charge on any atom is 0.410 e. The fourth-order valence-corrected chi connectivity index (χ4v) is 2.55. The van der Waals surface area contributed by atoms with E-state index in [9.17, 15) is 9.59 Å². The Kier molecular flexibility index (Phi) is 6.85. The fraction of sp³-hybridized carbons (Fsp3) is 0.474. The van der Waals surface area contributed by atoms with Crippen LogP contribution in [0.15, 0.2) is 42.0 Å². The lowest BCUT2D eigenvalue weighted by Gasteiger charge is -2.30. The number of amides is 1. The molecular formula is C19H25NO4. The van der Waals surface area contributed by atoms with Crippen LogP contribution in [-0.4, -0.2) is 36.7 Å². The summed E-state index contributed by atoms with van der Waals surface area (Å²) >= 11 is 0. The minimum atomic E-state index is -0.374. The number of hydrogen-bond acceptors (Lipinski definition) is 4. The van der Waals surface area contributed by atoms with E-state index in [4.69, 9.17) is 9.47 Å². The lowest BCUT2D eigenvalue weighted by molar-refractivity contribution is -0.148. The number of benzene rings is 1. The van der Waals surface area contributed by atoms with Crippen molar-refractivity contribution in [3.63, 3.8) is 0 Å².